The largest absolute Gasteiger partial charge is 0.375 e. The Hall–Kier alpha value is -0.420. The predicted octanol–water partition coefficient (Wildman–Crippen LogP) is 2.08. The minimum absolute atomic E-state index is 0. The van der Waals surface area contributed by atoms with Crippen LogP contribution in [-0.4, -0.2) is 4.98 Å². The number of nitrogens with two attached hydrogens (primary N) is 1. The van der Waals surface area contributed by atoms with Crippen LogP contribution in [0.5, 0.6) is 0 Å². The van der Waals surface area contributed by atoms with Gasteiger partial charge in [0.2, 0.25) is 0 Å². The lowest BCUT2D eigenvalue weighted by Gasteiger charge is -1.86. The molecule has 0 aliphatic heterocycles. The van der Waals surface area contributed by atoms with E-state index >= 15 is 0 Å². The van der Waals surface area contributed by atoms with E-state index < -0.39 is 6.43 Å². The van der Waals surface area contributed by atoms with E-state index in [4.69, 9.17) is 5.73 Å². The Morgan fingerprint density at radius 3 is 2.40 bits per heavy atom. The number of nitrogens with zero attached hydrogens (tertiary/aromatic N) is 1. The Kier molecular flexibility index (Phi) is 3.52. The molecule has 10 heavy (non-hydrogen) atoms. The first-order chi connectivity index (χ1) is 4.20. The zero-order valence-electron chi connectivity index (χ0n) is 4.75. The Morgan fingerprint density at radius 1 is 1.60 bits per heavy atom. The van der Waals surface area contributed by atoms with Crippen molar-refractivity contribution in [1.29, 1.82) is 0 Å². The van der Waals surface area contributed by atoms with Crippen LogP contribution in [0.4, 0.5) is 13.9 Å². The monoisotopic (exact) mass is 186 g/mol. The first-order valence-electron chi connectivity index (χ1n) is 2.19. The second-order valence-corrected chi connectivity index (χ2v) is 2.50. The lowest BCUT2D eigenvalue weighted by molar-refractivity contribution is 0.155. The number of anilines is 1. The van der Waals surface area contributed by atoms with Crippen LogP contribution in [0, 0.1) is 0 Å². The maximum atomic E-state index is 11.7. The molecule has 0 spiro atoms. The molecule has 58 valence electrons. The van der Waals surface area contributed by atoms with Crippen molar-refractivity contribution in [2.24, 2.45) is 0 Å². The molecule has 1 aromatic heterocycles. The van der Waals surface area contributed by atoms with E-state index in [0.29, 0.717) is 0 Å². The molecule has 0 saturated heterocycles. The van der Waals surface area contributed by atoms with Crippen molar-refractivity contribution in [3.8, 4) is 0 Å². The summed E-state index contributed by atoms with van der Waals surface area (Å²) in [7, 11) is 0. The van der Waals surface area contributed by atoms with E-state index in [9.17, 15) is 8.78 Å². The summed E-state index contributed by atoms with van der Waals surface area (Å²) < 4.78 is 23.4. The summed E-state index contributed by atoms with van der Waals surface area (Å²) in [6.07, 6.45) is -1.36. The third-order valence-electron chi connectivity index (χ3n) is 0.757. The van der Waals surface area contributed by atoms with Crippen LogP contribution in [0.1, 0.15) is 11.3 Å². The summed E-state index contributed by atoms with van der Waals surface area (Å²) in [5.41, 5.74) is 5.09. The maximum absolute atomic E-state index is 11.7. The summed E-state index contributed by atoms with van der Waals surface area (Å²) in [5, 5.41) is 0.185. The zero-order valence-corrected chi connectivity index (χ0v) is 6.38. The second-order valence-electron chi connectivity index (χ2n) is 1.40. The van der Waals surface area contributed by atoms with E-state index in [1.54, 1.807) is 0 Å². The van der Waals surface area contributed by atoms with E-state index in [1.165, 1.54) is 0 Å². The number of nitrogen functional groups attached to an aromatic ring is 1. The molecule has 0 unspecified atom stereocenters. The van der Waals surface area contributed by atoms with Gasteiger partial charge in [-0.3, -0.25) is 0 Å². The van der Waals surface area contributed by atoms with Gasteiger partial charge in [0.25, 0.3) is 6.43 Å². The normalized spacial score (nSPS) is 9.50. The smallest absolute Gasteiger partial charge is 0.274 e. The van der Waals surface area contributed by atoms with Gasteiger partial charge in [0.15, 0.2) is 5.13 Å². The molecule has 0 aromatic carbocycles. The molecule has 0 fully saturated rings. The predicted molar refractivity (Wildman–Crippen MR) is 38.7 cm³/mol. The molecule has 0 atom stereocenters. The summed E-state index contributed by atoms with van der Waals surface area (Å²) in [6, 6.07) is 0. The zero-order chi connectivity index (χ0) is 6.85. The van der Waals surface area contributed by atoms with Gasteiger partial charge in [0.05, 0.1) is 4.88 Å². The van der Waals surface area contributed by atoms with Crippen LogP contribution >= 0.6 is 23.7 Å². The van der Waals surface area contributed by atoms with Crippen molar-refractivity contribution >= 4 is 28.9 Å². The summed E-state index contributed by atoms with van der Waals surface area (Å²) in [4.78, 5) is 3.38. The summed E-state index contributed by atoms with van der Waals surface area (Å²) in [6.45, 7) is 0. The van der Waals surface area contributed by atoms with E-state index in [1.807, 2.05) is 0 Å². The molecule has 0 bridgehead atoms. The number of hydrogen-bond acceptors (Lipinski definition) is 3. The summed E-state index contributed by atoms with van der Waals surface area (Å²) >= 11 is 0.812. The lowest BCUT2D eigenvalue weighted by atomic mass is 10.6. The van der Waals surface area contributed by atoms with Crippen LogP contribution in [0.25, 0.3) is 0 Å². The third kappa shape index (κ3) is 2.07. The number of alkyl halides is 2. The van der Waals surface area contributed by atoms with Gasteiger partial charge in [-0.15, -0.1) is 12.4 Å². The van der Waals surface area contributed by atoms with Gasteiger partial charge in [-0.05, 0) is 0 Å². The fraction of sp³-hybridized carbons (Fsp3) is 0.250. The quantitative estimate of drug-likeness (QED) is 0.730. The van der Waals surface area contributed by atoms with Crippen molar-refractivity contribution in [2.75, 3.05) is 5.73 Å². The Bertz CT molecular complexity index is 203. The number of aromatic nitrogens is 1. The topological polar surface area (TPSA) is 38.9 Å². The van der Waals surface area contributed by atoms with Crippen LogP contribution in [0.3, 0.4) is 0 Å². The fourth-order valence-corrected chi connectivity index (χ4v) is 0.943. The molecule has 0 aliphatic rings. The number of hydrogen-bond donors (Lipinski definition) is 1. The van der Waals surface area contributed by atoms with Crippen LogP contribution < -0.4 is 5.73 Å². The van der Waals surface area contributed by atoms with E-state index in [0.717, 1.165) is 17.5 Å². The Morgan fingerprint density at radius 2 is 2.20 bits per heavy atom. The molecule has 0 saturated carbocycles. The van der Waals surface area contributed by atoms with Gasteiger partial charge in [-0.1, -0.05) is 11.3 Å². The number of rotatable bonds is 1. The van der Waals surface area contributed by atoms with E-state index in [-0.39, 0.29) is 22.4 Å². The van der Waals surface area contributed by atoms with E-state index in [2.05, 4.69) is 4.98 Å². The molecular formula is C4H5ClF2N2S. The van der Waals surface area contributed by atoms with Crippen molar-refractivity contribution in [3.63, 3.8) is 0 Å². The Labute approximate surface area is 66.5 Å². The first kappa shape index (κ1) is 9.58. The average molecular weight is 187 g/mol. The van der Waals surface area contributed by atoms with Gasteiger partial charge in [0.1, 0.15) is 0 Å². The van der Waals surface area contributed by atoms with Crippen molar-refractivity contribution in [3.05, 3.63) is 11.1 Å². The Balaban J connectivity index is 0.000000810. The van der Waals surface area contributed by atoms with Crippen molar-refractivity contribution in [1.82, 2.24) is 4.98 Å². The SMILES string of the molecule is Cl.Nc1ncc(C(F)F)s1. The highest BCUT2D eigenvalue weighted by Gasteiger charge is 2.09. The van der Waals surface area contributed by atoms with Gasteiger partial charge in [-0.2, -0.15) is 0 Å². The molecule has 6 heteroatoms. The van der Waals surface area contributed by atoms with Crippen molar-refractivity contribution < 1.29 is 8.78 Å². The van der Waals surface area contributed by atoms with Gasteiger partial charge >= 0.3 is 0 Å². The van der Waals surface area contributed by atoms with Crippen LogP contribution in [0.2, 0.25) is 0 Å². The minimum Gasteiger partial charge on any atom is -0.375 e. The van der Waals surface area contributed by atoms with Crippen LogP contribution in [0.15, 0.2) is 6.20 Å². The second kappa shape index (κ2) is 3.68. The molecule has 2 N–H and O–H groups in total. The molecule has 1 rings (SSSR count). The third-order valence-corrected chi connectivity index (χ3v) is 1.59. The van der Waals surface area contributed by atoms with Gasteiger partial charge in [0, 0.05) is 6.20 Å². The highest BCUT2D eigenvalue weighted by atomic mass is 35.5. The van der Waals surface area contributed by atoms with Crippen LogP contribution in [-0.2, 0) is 0 Å². The summed E-state index contributed by atoms with van der Waals surface area (Å²) in [5.74, 6) is 0. The molecule has 0 aliphatic carbocycles. The molecule has 1 heterocycles. The molecular weight excluding hydrogens is 182 g/mol. The molecule has 0 amide bonds. The molecule has 0 radical (unpaired) electrons. The highest BCUT2D eigenvalue weighted by Crippen LogP contribution is 2.25. The van der Waals surface area contributed by atoms with Crippen molar-refractivity contribution in [2.45, 2.75) is 6.43 Å². The minimum atomic E-state index is -2.44. The lowest BCUT2D eigenvalue weighted by Crippen LogP contribution is -1.77. The fourth-order valence-electron chi connectivity index (χ4n) is 0.402. The maximum Gasteiger partial charge on any atom is 0.274 e. The average Bonchev–Trinajstić information content (AvgIpc) is 2.14. The van der Waals surface area contributed by atoms with Gasteiger partial charge in [-0.25, -0.2) is 13.8 Å². The highest BCUT2D eigenvalue weighted by molar-refractivity contribution is 7.15. The number of thiazole rings is 1. The standard InChI is InChI=1S/C4H4F2N2S.ClH/c5-3(6)2-1-8-4(7)9-2;/h1,3H,(H2,7,8);1H. The van der Waals surface area contributed by atoms with Gasteiger partial charge < -0.3 is 5.73 Å². The number of halogens is 3. The molecule has 1 aromatic rings. The first-order valence-corrected chi connectivity index (χ1v) is 3.01. The molecule has 2 nitrogen and oxygen atoms in total.